The van der Waals surface area contributed by atoms with Crippen LogP contribution < -0.4 is 4.74 Å². The maximum Gasteiger partial charge on any atom is 0.289 e. The van der Waals surface area contributed by atoms with Crippen LogP contribution in [0.3, 0.4) is 0 Å². The van der Waals surface area contributed by atoms with Crippen LogP contribution in [0.15, 0.2) is 81.8 Å². The van der Waals surface area contributed by atoms with Crippen molar-refractivity contribution >= 4 is 11.8 Å². The van der Waals surface area contributed by atoms with Gasteiger partial charge in [0.15, 0.2) is 5.76 Å². The number of ether oxygens (including phenoxy) is 1. The zero-order chi connectivity index (χ0) is 27.5. The number of nitrogens with zero attached hydrogens (tertiary/aromatic N) is 2. The SMILES string of the molecule is CC(C)C(=O)N1CCc2ccc(OCc3ccc(C(=O)N(C)Cc4ccco4)o3)cc2[C@H]1c1ccc(F)cc1. The van der Waals surface area contributed by atoms with Gasteiger partial charge in [0, 0.05) is 19.5 Å². The lowest BCUT2D eigenvalue weighted by Gasteiger charge is -2.39. The van der Waals surface area contributed by atoms with E-state index in [0.717, 1.165) is 23.1 Å². The van der Waals surface area contributed by atoms with Gasteiger partial charge in [0.2, 0.25) is 5.91 Å². The standard InChI is InChI=1S/C31H31FN2O5/c1-20(2)30(35)34-15-14-21-8-11-24(17-27(21)29(34)22-6-9-23(32)10-7-22)38-19-26-12-13-28(39-26)31(36)33(3)18-25-5-4-16-37-25/h4-13,16-17,20,29H,14-15,18-19H2,1-3H3/t29-/m1/s1. The Morgan fingerprint density at radius 1 is 1.08 bits per heavy atom. The van der Waals surface area contributed by atoms with Crippen LogP contribution in [0.4, 0.5) is 4.39 Å². The zero-order valence-corrected chi connectivity index (χ0v) is 22.2. The average Bonchev–Trinajstić information content (AvgIpc) is 3.63. The number of fused-ring (bicyclic) bond motifs is 1. The first-order chi connectivity index (χ1) is 18.8. The van der Waals surface area contributed by atoms with Crippen molar-refractivity contribution in [2.24, 2.45) is 5.92 Å². The molecule has 7 nitrogen and oxygen atoms in total. The van der Waals surface area contributed by atoms with Gasteiger partial charge in [-0.25, -0.2) is 4.39 Å². The van der Waals surface area contributed by atoms with Crippen LogP contribution in [0, 0.1) is 11.7 Å². The lowest BCUT2D eigenvalue weighted by Crippen LogP contribution is -2.42. The third-order valence-corrected chi connectivity index (χ3v) is 6.88. The van der Waals surface area contributed by atoms with Gasteiger partial charge in [-0.05, 0) is 71.6 Å². The number of carbonyl (C=O) groups is 2. The summed E-state index contributed by atoms with van der Waals surface area (Å²) in [6.45, 7) is 4.82. The highest BCUT2D eigenvalue weighted by Gasteiger charge is 2.33. The predicted molar refractivity (Wildman–Crippen MR) is 142 cm³/mol. The largest absolute Gasteiger partial charge is 0.486 e. The minimum absolute atomic E-state index is 0.0473. The van der Waals surface area contributed by atoms with Gasteiger partial charge in [-0.2, -0.15) is 0 Å². The Morgan fingerprint density at radius 2 is 1.87 bits per heavy atom. The van der Waals surface area contributed by atoms with Gasteiger partial charge >= 0.3 is 0 Å². The average molecular weight is 531 g/mol. The highest BCUT2D eigenvalue weighted by atomic mass is 19.1. The van der Waals surface area contributed by atoms with Crippen LogP contribution in [0.5, 0.6) is 5.75 Å². The van der Waals surface area contributed by atoms with Crippen molar-refractivity contribution in [2.75, 3.05) is 13.6 Å². The van der Waals surface area contributed by atoms with Gasteiger partial charge in [-0.1, -0.05) is 32.0 Å². The van der Waals surface area contributed by atoms with Gasteiger partial charge in [0.25, 0.3) is 5.91 Å². The monoisotopic (exact) mass is 530 g/mol. The molecule has 2 aromatic carbocycles. The highest BCUT2D eigenvalue weighted by molar-refractivity contribution is 5.91. The second-order valence-electron chi connectivity index (χ2n) is 10.0. The molecule has 4 aromatic rings. The Balaban J connectivity index is 1.33. The summed E-state index contributed by atoms with van der Waals surface area (Å²) in [6, 6.07) is 18.7. The van der Waals surface area contributed by atoms with Crippen molar-refractivity contribution in [3.05, 3.63) is 113 Å². The van der Waals surface area contributed by atoms with E-state index in [0.29, 0.717) is 30.4 Å². The maximum absolute atomic E-state index is 13.7. The van der Waals surface area contributed by atoms with Crippen molar-refractivity contribution in [3.63, 3.8) is 0 Å². The summed E-state index contributed by atoms with van der Waals surface area (Å²) in [4.78, 5) is 29.2. The molecule has 2 amide bonds. The van der Waals surface area contributed by atoms with Crippen LogP contribution >= 0.6 is 0 Å². The molecule has 2 aromatic heterocycles. The number of benzene rings is 2. The second-order valence-corrected chi connectivity index (χ2v) is 10.0. The molecular weight excluding hydrogens is 499 g/mol. The van der Waals surface area contributed by atoms with E-state index in [9.17, 15) is 14.0 Å². The molecule has 39 heavy (non-hydrogen) atoms. The lowest BCUT2D eigenvalue weighted by atomic mass is 9.87. The normalized spacial score (nSPS) is 14.8. The molecule has 1 aliphatic rings. The summed E-state index contributed by atoms with van der Waals surface area (Å²) in [7, 11) is 1.68. The molecule has 202 valence electrons. The molecule has 0 saturated heterocycles. The number of hydrogen-bond acceptors (Lipinski definition) is 5. The fourth-order valence-electron chi connectivity index (χ4n) is 4.88. The molecule has 0 bridgehead atoms. The summed E-state index contributed by atoms with van der Waals surface area (Å²) in [5.41, 5.74) is 2.92. The van der Waals surface area contributed by atoms with E-state index in [-0.39, 0.29) is 42.0 Å². The molecule has 0 unspecified atom stereocenters. The number of hydrogen-bond donors (Lipinski definition) is 0. The number of furan rings is 2. The molecule has 1 aliphatic heterocycles. The van der Waals surface area contributed by atoms with Crippen LogP contribution in [0.1, 0.15) is 58.7 Å². The fourth-order valence-corrected chi connectivity index (χ4v) is 4.88. The molecule has 8 heteroatoms. The lowest BCUT2D eigenvalue weighted by molar-refractivity contribution is -0.136. The minimum Gasteiger partial charge on any atom is -0.486 e. The Labute approximate surface area is 226 Å². The quantitative estimate of drug-likeness (QED) is 0.280. The van der Waals surface area contributed by atoms with E-state index >= 15 is 0 Å². The van der Waals surface area contributed by atoms with E-state index in [1.807, 2.05) is 43.0 Å². The Kier molecular flexibility index (Phi) is 7.54. The van der Waals surface area contributed by atoms with E-state index < -0.39 is 0 Å². The molecule has 5 rings (SSSR count). The summed E-state index contributed by atoms with van der Waals surface area (Å²) in [5, 5.41) is 0. The molecule has 3 heterocycles. The van der Waals surface area contributed by atoms with Crippen LogP contribution in [-0.4, -0.2) is 35.2 Å². The van der Waals surface area contributed by atoms with Crippen LogP contribution in [-0.2, 0) is 24.4 Å². The van der Waals surface area contributed by atoms with Crippen molar-refractivity contribution < 1.29 is 27.6 Å². The highest BCUT2D eigenvalue weighted by Crippen LogP contribution is 2.38. The van der Waals surface area contributed by atoms with Gasteiger partial charge in [0.05, 0.1) is 18.8 Å². The maximum atomic E-state index is 13.7. The second kappa shape index (κ2) is 11.2. The molecule has 0 fully saturated rings. The molecule has 1 atom stereocenters. The topological polar surface area (TPSA) is 76.1 Å². The van der Waals surface area contributed by atoms with E-state index in [1.54, 1.807) is 43.6 Å². The Bertz CT molecular complexity index is 1440. The minimum atomic E-state index is -0.342. The summed E-state index contributed by atoms with van der Waals surface area (Å²) in [6.07, 6.45) is 2.29. The van der Waals surface area contributed by atoms with E-state index in [4.69, 9.17) is 13.6 Å². The van der Waals surface area contributed by atoms with E-state index in [1.165, 1.54) is 17.0 Å². The Morgan fingerprint density at radius 3 is 2.59 bits per heavy atom. The predicted octanol–water partition coefficient (Wildman–Crippen LogP) is 5.99. The van der Waals surface area contributed by atoms with Gasteiger partial charge in [-0.3, -0.25) is 9.59 Å². The van der Waals surface area contributed by atoms with Crippen molar-refractivity contribution in [2.45, 2.75) is 39.5 Å². The number of amides is 2. The molecule has 0 spiro atoms. The van der Waals surface area contributed by atoms with Crippen molar-refractivity contribution in [1.82, 2.24) is 9.80 Å². The van der Waals surface area contributed by atoms with Crippen LogP contribution in [0.2, 0.25) is 0 Å². The van der Waals surface area contributed by atoms with Gasteiger partial charge in [0.1, 0.15) is 29.7 Å². The zero-order valence-electron chi connectivity index (χ0n) is 22.2. The molecular formula is C31H31FN2O5. The summed E-state index contributed by atoms with van der Waals surface area (Å²) >= 11 is 0. The van der Waals surface area contributed by atoms with Crippen molar-refractivity contribution in [1.29, 1.82) is 0 Å². The van der Waals surface area contributed by atoms with E-state index in [2.05, 4.69) is 0 Å². The first-order valence-corrected chi connectivity index (χ1v) is 13.0. The molecule has 0 aliphatic carbocycles. The first-order valence-electron chi connectivity index (χ1n) is 13.0. The first kappa shape index (κ1) is 26.3. The fraction of sp³-hybridized carbons (Fsp3) is 0.290. The number of rotatable bonds is 8. The van der Waals surface area contributed by atoms with Gasteiger partial charge < -0.3 is 23.4 Å². The summed E-state index contributed by atoms with van der Waals surface area (Å²) < 4.78 is 30.8. The number of carbonyl (C=O) groups excluding carboxylic acids is 2. The Hall–Kier alpha value is -4.33. The smallest absolute Gasteiger partial charge is 0.289 e. The van der Waals surface area contributed by atoms with Crippen molar-refractivity contribution in [3.8, 4) is 5.75 Å². The molecule has 0 N–H and O–H groups in total. The third kappa shape index (κ3) is 5.74. The molecule has 0 saturated carbocycles. The third-order valence-electron chi connectivity index (χ3n) is 6.88. The molecule has 0 radical (unpaired) electrons. The summed E-state index contributed by atoms with van der Waals surface area (Å²) in [5.74, 6) is 1.32. The number of halogens is 1. The van der Waals surface area contributed by atoms with Crippen LogP contribution in [0.25, 0.3) is 0 Å². The van der Waals surface area contributed by atoms with Gasteiger partial charge in [-0.15, -0.1) is 0 Å².